The van der Waals surface area contributed by atoms with Crippen molar-refractivity contribution in [1.29, 1.82) is 0 Å². The maximum atomic E-state index is 3.31. The molecule has 0 heterocycles. The van der Waals surface area contributed by atoms with Crippen molar-refractivity contribution in [2.45, 2.75) is 26.8 Å². The Balaban J connectivity index is 2.65. The first kappa shape index (κ1) is 11.8. The van der Waals surface area contributed by atoms with Gasteiger partial charge in [-0.25, -0.2) is 0 Å². The third-order valence-corrected chi connectivity index (χ3v) is 2.73. The van der Waals surface area contributed by atoms with Crippen molar-refractivity contribution in [2.24, 2.45) is 0 Å². The molecule has 0 aromatic heterocycles. The maximum Gasteiger partial charge on any atom is 0.146 e. The molecular formula is C14H20N+. The lowest BCUT2D eigenvalue weighted by Crippen LogP contribution is -3.14. The monoisotopic (exact) mass is 202 g/mol. The first-order valence-electron chi connectivity index (χ1n) is 5.69. The Morgan fingerprint density at radius 2 is 1.73 bits per heavy atom. The molecule has 0 aliphatic rings. The van der Waals surface area contributed by atoms with Crippen LogP contribution in [0.15, 0.2) is 30.3 Å². The van der Waals surface area contributed by atoms with Crippen LogP contribution in [0.4, 0.5) is 0 Å². The van der Waals surface area contributed by atoms with E-state index in [0.717, 1.165) is 18.7 Å². The van der Waals surface area contributed by atoms with E-state index in [1.54, 1.807) is 4.90 Å². The largest absolute Gasteiger partial charge is 0.323 e. The lowest BCUT2D eigenvalue weighted by atomic mass is 10.2. The van der Waals surface area contributed by atoms with Crippen molar-refractivity contribution in [3.8, 4) is 11.8 Å². The Hall–Kier alpha value is -1.26. The van der Waals surface area contributed by atoms with E-state index in [1.165, 1.54) is 0 Å². The van der Waals surface area contributed by atoms with Crippen LogP contribution in [0.3, 0.4) is 0 Å². The van der Waals surface area contributed by atoms with Gasteiger partial charge in [-0.15, -0.1) is 0 Å². The standard InChI is InChI=1S/C14H19N/c1-4-15(5-2)13(3)11-12-14-9-7-6-8-10-14/h6-10,13H,4-5H2,1-3H3/p+1/t13-/m0/s1. The van der Waals surface area contributed by atoms with Crippen LogP contribution in [0.1, 0.15) is 26.3 Å². The second-order valence-electron chi connectivity index (χ2n) is 3.72. The van der Waals surface area contributed by atoms with Gasteiger partial charge in [0, 0.05) is 5.56 Å². The van der Waals surface area contributed by atoms with Crippen molar-refractivity contribution in [3.05, 3.63) is 35.9 Å². The van der Waals surface area contributed by atoms with Crippen LogP contribution >= 0.6 is 0 Å². The van der Waals surface area contributed by atoms with Crippen LogP contribution in [0.25, 0.3) is 0 Å². The Kier molecular flexibility index (Phi) is 4.93. The van der Waals surface area contributed by atoms with Gasteiger partial charge in [0.25, 0.3) is 0 Å². The molecule has 0 saturated carbocycles. The number of quaternary nitrogens is 1. The van der Waals surface area contributed by atoms with Crippen LogP contribution in [0.2, 0.25) is 0 Å². The van der Waals surface area contributed by atoms with E-state index in [1.807, 2.05) is 18.2 Å². The number of nitrogens with one attached hydrogen (secondary N) is 1. The van der Waals surface area contributed by atoms with Gasteiger partial charge in [-0.1, -0.05) is 24.1 Å². The molecule has 0 spiro atoms. The Labute approximate surface area is 93.1 Å². The Morgan fingerprint density at radius 1 is 1.13 bits per heavy atom. The molecule has 80 valence electrons. The third kappa shape index (κ3) is 3.77. The van der Waals surface area contributed by atoms with E-state index in [4.69, 9.17) is 0 Å². The number of hydrogen-bond acceptors (Lipinski definition) is 0. The van der Waals surface area contributed by atoms with Crippen LogP contribution in [-0.4, -0.2) is 19.1 Å². The number of benzene rings is 1. The van der Waals surface area contributed by atoms with Gasteiger partial charge in [0.15, 0.2) is 0 Å². The maximum absolute atomic E-state index is 3.31. The highest BCUT2D eigenvalue weighted by Gasteiger charge is 2.08. The summed E-state index contributed by atoms with van der Waals surface area (Å²) in [5, 5.41) is 0. The highest BCUT2D eigenvalue weighted by atomic mass is 15.1. The van der Waals surface area contributed by atoms with E-state index in [2.05, 4.69) is 44.7 Å². The summed E-state index contributed by atoms with van der Waals surface area (Å²) in [6, 6.07) is 10.6. The fourth-order valence-corrected chi connectivity index (χ4v) is 1.68. The summed E-state index contributed by atoms with van der Waals surface area (Å²) in [7, 11) is 0. The molecule has 0 aliphatic carbocycles. The summed E-state index contributed by atoms with van der Waals surface area (Å²) in [5.74, 6) is 6.54. The van der Waals surface area contributed by atoms with E-state index in [0.29, 0.717) is 6.04 Å². The van der Waals surface area contributed by atoms with Gasteiger partial charge in [0.05, 0.1) is 13.1 Å². The van der Waals surface area contributed by atoms with Gasteiger partial charge in [-0.3, -0.25) is 0 Å². The molecule has 1 N–H and O–H groups in total. The first-order valence-corrected chi connectivity index (χ1v) is 5.69. The van der Waals surface area contributed by atoms with Crippen LogP contribution < -0.4 is 4.90 Å². The minimum atomic E-state index is 0.417. The average Bonchev–Trinajstić information content (AvgIpc) is 2.29. The van der Waals surface area contributed by atoms with E-state index < -0.39 is 0 Å². The molecular weight excluding hydrogens is 182 g/mol. The summed E-state index contributed by atoms with van der Waals surface area (Å²) in [4.78, 5) is 1.54. The Morgan fingerprint density at radius 3 is 2.27 bits per heavy atom. The van der Waals surface area contributed by atoms with Crippen LogP contribution in [0, 0.1) is 11.8 Å². The lowest BCUT2D eigenvalue weighted by Gasteiger charge is -2.18. The van der Waals surface area contributed by atoms with Gasteiger partial charge >= 0.3 is 0 Å². The fourth-order valence-electron chi connectivity index (χ4n) is 1.68. The predicted octanol–water partition coefficient (Wildman–Crippen LogP) is 1.35. The zero-order valence-electron chi connectivity index (χ0n) is 9.88. The average molecular weight is 202 g/mol. The predicted molar refractivity (Wildman–Crippen MR) is 64.8 cm³/mol. The topological polar surface area (TPSA) is 4.44 Å². The molecule has 0 radical (unpaired) electrons. The number of rotatable bonds is 3. The van der Waals surface area contributed by atoms with Gasteiger partial charge in [-0.05, 0) is 38.8 Å². The van der Waals surface area contributed by atoms with Gasteiger partial charge in [-0.2, -0.15) is 0 Å². The summed E-state index contributed by atoms with van der Waals surface area (Å²) < 4.78 is 0. The van der Waals surface area contributed by atoms with Crippen molar-refractivity contribution in [2.75, 3.05) is 13.1 Å². The van der Waals surface area contributed by atoms with Gasteiger partial charge in [0.2, 0.25) is 0 Å². The molecule has 1 atom stereocenters. The molecule has 1 nitrogen and oxygen atoms in total. The second-order valence-corrected chi connectivity index (χ2v) is 3.72. The number of hydrogen-bond donors (Lipinski definition) is 1. The van der Waals surface area contributed by atoms with Crippen molar-refractivity contribution >= 4 is 0 Å². The minimum Gasteiger partial charge on any atom is -0.323 e. The van der Waals surface area contributed by atoms with E-state index in [-0.39, 0.29) is 0 Å². The van der Waals surface area contributed by atoms with Crippen LogP contribution in [-0.2, 0) is 0 Å². The van der Waals surface area contributed by atoms with Gasteiger partial charge in [0.1, 0.15) is 6.04 Å². The summed E-state index contributed by atoms with van der Waals surface area (Å²) in [6.45, 7) is 8.89. The second kappa shape index (κ2) is 6.27. The highest BCUT2D eigenvalue weighted by Crippen LogP contribution is 1.94. The summed E-state index contributed by atoms with van der Waals surface area (Å²) >= 11 is 0. The molecule has 0 saturated heterocycles. The van der Waals surface area contributed by atoms with Crippen molar-refractivity contribution < 1.29 is 4.90 Å². The lowest BCUT2D eigenvalue weighted by molar-refractivity contribution is -0.911. The molecule has 0 aliphatic heterocycles. The molecule has 15 heavy (non-hydrogen) atoms. The molecule has 1 aromatic rings. The highest BCUT2D eigenvalue weighted by molar-refractivity contribution is 5.34. The molecule has 1 rings (SSSR count). The molecule has 0 bridgehead atoms. The first-order chi connectivity index (χ1) is 7.27. The Bertz CT molecular complexity index is 327. The third-order valence-electron chi connectivity index (χ3n) is 2.73. The fraction of sp³-hybridized carbons (Fsp3) is 0.429. The van der Waals surface area contributed by atoms with Gasteiger partial charge < -0.3 is 4.90 Å². The molecule has 1 heteroatoms. The van der Waals surface area contributed by atoms with E-state index in [9.17, 15) is 0 Å². The van der Waals surface area contributed by atoms with Crippen molar-refractivity contribution in [3.63, 3.8) is 0 Å². The molecule has 0 amide bonds. The normalized spacial score (nSPS) is 12.0. The molecule has 1 aromatic carbocycles. The van der Waals surface area contributed by atoms with Crippen LogP contribution in [0.5, 0.6) is 0 Å². The zero-order chi connectivity index (χ0) is 11.1. The minimum absolute atomic E-state index is 0.417. The zero-order valence-corrected chi connectivity index (χ0v) is 9.88. The quantitative estimate of drug-likeness (QED) is 0.706. The summed E-state index contributed by atoms with van der Waals surface area (Å²) in [5.41, 5.74) is 1.11. The van der Waals surface area contributed by atoms with Crippen molar-refractivity contribution in [1.82, 2.24) is 0 Å². The molecule has 0 fully saturated rings. The summed E-state index contributed by atoms with van der Waals surface area (Å²) in [6.07, 6.45) is 0. The molecule has 0 unspecified atom stereocenters. The SMILES string of the molecule is CC[NH+](CC)[C@@H](C)C#Cc1ccccc1. The van der Waals surface area contributed by atoms with E-state index >= 15 is 0 Å². The smallest absolute Gasteiger partial charge is 0.146 e.